The molecule has 0 fully saturated rings. The lowest BCUT2D eigenvalue weighted by Gasteiger charge is -2.03. The molecule has 0 atom stereocenters. The van der Waals surface area contributed by atoms with Gasteiger partial charge in [-0.25, -0.2) is 4.79 Å². The van der Waals surface area contributed by atoms with Gasteiger partial charge in [-0.3, -0.25) is 0 Å². The zero-order valence-corrected chi connectivity index (χ0v) is 8.12. The minimum absolute atomic E-state index is 0.338. The van der Waals surface area contributed by atoms with Gasteiger partial charge < -0.3 is 10.5 Å². The molecule has 14 heavy (non-hydrogen) atoms. The normalized spacial score (nSPS) is 9.57. The third-order valence-electron chi connectivity index (χ3n) is 1.96. The van der Waals surface area contributed by atoms with E-state index >= 15 is 0 Å². The van der Waals surface area contributed by atoms with Crippen LogP contribution in [-0.2, 0) is 4.74 Å². The van der Waals surface area contributed by atoms with Crippen molar-refractivity contribution in [3.8, 4) is 0 Å². The highest BCUT2D eigenvalue weighted by molar-refractivity contribution is 5.89. The first-order valence-electron chi connectivity index (χ1n) is 4.25. The zero-order valence-electron chi connectivity index (χ0n) is 8.12. The van der Waals surface area contributed by atoms with Gasteiger partial charge in [-0.2, -0.15) is 0 Å². The maximum Gasteiger partial charge on any atom is 0.337 e. The van der Waals surface area contributed by atoms with E-state index in [4.69, 9.17) is 5.73 Å². The molecular weight excluding hydrogens is 178 g/mol. The number of methoxy groups -OCH3 is 1. The predicted octanol–water partition coefficient (Wildman–Crippen LogP) is 1.45. The van der Waals surface area contributed by atoms with Crippen LogP contribution >= 0.6 is 0 Å². The fraction of sp³-hybridized carbons (Fsp3) is 0.182. The van der Waals surface area contributed by atoms with E-state index in [2.05, 4.69) is 11.3 Å². The Bertz CT molecular complexity index is 306. The molecule has 74 valence electrons. The van der Waals surface area contributed by atoms with Crippen molar-refractivity contribution in [2.75, 3.05) is 13.7 Å². The maximum atomic E-state index is 11.1. The van der Waals surface area contributed by atoms with E-state index < -0.39 is 0 Å². The van der Waals surface area contributed by atoms with Crippen molar-refractivity contribution in [2.24, 2.45) is 5.73 Å². The van der Waals surface area contributed by atoms with Crippen LogP contribution in [-0.4, -0.2) is 19.6 Å². The van der Waals surface area contributed by atoms with Crippen molar-refractivity contribution in [2.45, 2.75) is 0 Å². The minimum atomic E-state index is -0.338. The predicted molar refractivity (Wildman–Crippen MR) is 55.9 cm³/mol. The standard InChI is InChI=1S/C11H13NO2/c1-8(7-12)9-3-5-10(6-4-9)11(13)14-2/h3-6H,1,7,12H2,2H3. The van der Waals surface area contributed by atoms with E-state index in [1.165, 1.54) is 7.11 Å². The number of hydrogen-bond acceptors (Lipinski definition) is 3. The molecule has 0 heterocycles. The van der Waals surface area contributed by atoms with E-state index in [0.29, 0.717) is 12.1 Å². The van der Waals surface area contributed by atoms with Crippen molar-refractivity contribution in [3.63, 3.8) is 0 Å². The number of benzene rings is 1. The summed E-state index contributed by atoms with van der Waals surface area (Å²) in [5.41, 5.74) is 7.76. The first-order chi connectivity index (χ1) is 6.69. The third kappa shape index (κ3) is 2.20. The van der Waals surface area contributed by atoms with Crippen molar-refractivity contribution in [3.05, 3.63) is 42.0 Å². The van der Waals surface area contributed by atoms with Gasteiger partial charge in [0.15, 0.2) is 0 Å². The molecule has 0 spiro atoms. The van der Waals surface area contributed by atoms with E-state index in [1.807, 2.05) is 0 Å². The monoisotopic (exact) mass is 191 g/mol. The summed E-state index contributed by atoms with van der Waals surface area (Å²) in [6.07, 6.45) is 0. The number of esters is 1. The summed E-state index contributed by atoms with van der Waals surface area (Å²) in [6, 6.07) is 7.01. The van der Waals surface area contributed by atoms with Crippen LogP contribution in [0.3, 0.4) is 0 Å². The summed E-state index contributed by atoms with van der Waals surface area (Å²) >= 11 is 0. The molecule has 0 radical (unpaired) electrons. The number of carbonyl (C=O) groups is 1. The lowest BCUT2D eigenvalue weighted by atomic mass is 10.1. The van der Waals surface area contributed by atoms with Gasteiger partial charge in [0.25, 0.3) is 0 Å². The molecule has 0 aliphatic carbocycles. The molecule has 0 aromatic heterocycles. The summed E-state index contributed by atoms with van der Waals surface area (Å²) in [4.78, 5) is 11.1. The Kier molecular flexibility index (Phi) is 3.42. The van der Waals surface area contributed by atoms with Gasteiger partial charge in [-0.15, -0.1) is 0 Å². The van der Waals surface area contributed by atoms with Crippen LogP contribution in [0.25, 0.3) is 5.57 Å². The van der Waals surface area contributed by atoms with E-state index in [-0.39, 0.29) is 5.97 Å². The lowest BCUT2D eigenvalue weighted by molar-refractivity contribution is 0.0601. The third-order valence-corrected chi connectivity index (χ3v) is 1.96. The molecule has 3 nitrogen and oxygen atoms in total. The van der Waals surface area contributed by atoms with Gasteiger partial charge in [0.2, 0.25) is 0 Å². The van der Waals surface area contributed by atoms with Crippen molar-refractivity contribution in [1.29, 1.82) is 0 Å². The summed E-state index contributed by atoms with van der Waals surface area (Å²) in [7, 11) is 1.36. The molecule has 0 saturated carbocycles. The topological polar surface area (TPSA) is 52.3 Å². The summed E-state index contributed by atoms with van der Waals surface area (Å²) in [5, 5.41) is 0. The lowest BCUT2D eigenvalue weighted by Crippen LogP contribution is -2.03. The highest BCUT2D eigenvalue weighted by atomic mass is 16.5. The molecule has 0 unspecified atom stereocenters. The van der Waals surface area contributed by atoms with Crippen molar-refractivity contribution in [1.82, 2.24) is 0 Å². The molecule has 1 aromatic rings. The molecule has 0 saturated heterocycles. The first-order valence-corrected chi connectivity index (χ1v) is 4.25. The molecule has 0 aliphatic heterocycles. The zero-order chi connectivity index (χ0) is 10.6. The number of hydrogen-bond donors (Lipinski definition) is 1. The van der Waals surface area contributed by atoms with Crippen LogP contribution < -0.4 is 5.73 Å². The fourth-order valence-electron chi connectivity index (χ4n) is 1.08. The molecule has 0 amide bonds. The van der Waals surface area contributed by atoms with E-state index in [1.54, 1.807) is 24.3 Å². The molecule has 1 aromatic carbocycles. The molecule has 0 aliphatic rings. The number of rotatable bonds is 3. The Hall–Kier alpha value is -1.61. The largest absolute Gasteiger partial charge is 0.465 e. The molecular formula is C11H13NO2. The van der Waals surface area contributed by atoms with Gasteiger partial charge in [0.1, 0.15) is 0 Å². The smallest absolute Gasteiger partial charge is 0.337 e. The second-order valence-corrected chi connectivity index (χ2v) is 2.88. The Morgan fingerprint density at radius 3 is 2.29 bits per heavy atom. The molecule has 2 N–H and O–H groups in total. The Labute approximate surface area is 83.2 Å². The molecule has 1 rings (SSSR count). The Balaban J connectivity index is 2.89. The molecule has 0 bridgehead atoms. The molecule has 3 heteroatoms. The summed E-state index contributed by atoms with van der Waals surface area (Å²) < 4.78 is 4.58. The minimum Gasteiger partial charge on any atom is -0.465 e. The van der Waals surface area contributed by atoms with Crippen LogP contribution in [0.5, 0.6) is 0 Å². The average Bonchev–Trinajstić information content (AvgIpc) is 2.27. The van der Waals surface area contributed by atoms with Crippen LogP contribution in [0.2, 0.25) is 0 Å². The first kappa shape index (κ1) is 10.5. The number of carbonyl (C=O) groups excluding carboxylic acids is 1. The van der Waals surface area contributed by atoms with Crippen LogP contribution in [0.4, 0.5) is 0 Å². The van der Waals surface area contributed by atoms with Crippen molar-refractivity contribution < 1.29 is 9.53 Å². The van der Waals surface area contributed by atoms with Gasteiger partial charge in [-0.05, 0) is 23.3 Å². The quantitative estimate of drug-likeness (QED) is 0.735. The van der Waals surface area contributed by atoms with Gasteiger partial charge in [-0.1, -0.05) is 18.7 Å². The number of ether oxygens (including phenoxy) is 1. The van der Waals surface area contributed by atoms with E-state index in [0.717, 1.165) is 11.1 Å². The van der Waals surface area contributed by atoms with Crippen molar-refractivity contribution >= 4 is 11.5 Å². The van der Waals surface area contributed by atoms with Crippen LogP contribution in [0.1, 0.15) is 15.9 Å². The Morgan fingerprint density at radius 1 is 1.36 bits per heavy atom. The Morgan fingerprint density at radius 2 is 1.86 bits per heavy atom. The second kappa shape index (κ2) is 4.58. The van der Waals surface area contributed by atoms with Gasteiger partial charge in [0.05, 0.1) is 12.7 Å². The van der Waals surface area contributed by atoms with Crippen LogP contribution in [0, 0.1) is 0 Å². The summed E-state index contributed by atoms with van der Waals surface area (Å²) in [6.45, 7) is 4.21. The highest BCUT2D eigenvalue weighted by Crippen LogP contribution is 2.12. The second-order valence-electron chi connectivity index (χ2n) is 2.88. The van der Waals surface area contributed by atoms with Gasteiger partial charge in [0, 0.05) is 6.54 Å². The number of nitrogens with two attached hydrogens (primary N) is 1. The SMILES string of the molecule is C=C(CN)c1ccc(C(=O)OC)cc1. The summed E-state index contributed by atoms with van der Waals surface area (Å²) in [5.74, 6) is -0.338. The van der Waals surface area contributed by atoms with Crippen LogP contribution in [0.15, 0.2) is 30.8 Å². The average molecular weight is 191 g/mol. The maximum absolute atomic E-state index is 11.1. The van der Waals surface area contributed by atoms with Gasteiger partial charge >= 0.3 is 5.97 Å². The van der Waals surface area contributed by atoms with E-state index in [9.17, 15) is 4.79 Å². The highest BCUT2D eigenvalue weighted by Gasteiger charge is 2.04. The fourth-order valence-corrected chi connectivity index (χ4v) is 1.08.